The first kappa shape index (κ1) is 17.7. The number of rotatable bonds is 0. The van der Waals surface area contributed by atoms with Crippen LogP contribution in [-0.2, 0) is 19.1 Å². The lowest BCUT2D eigenvalue weighted by atomic mass is 9.85. The highest BCUT2D eigenvalue weighted by Crippen LogP contribution is 2.32. The molecule has 0 spiro atoms. The zero-order valence-corrected chi connectivity index (χ0v) is 15.0. The highest BCUT2D eigenvalue weighted by atomic mass is 16.6. The zero-order chi connectivity index (χ0) is 18.0. The maximum Gasteiger partial charge on any atom is 0.334 e. The molecule has 4 bridgehead atoms. The summed E-state index contributed by atoms with van der Waals surface area (Å²) in [6.45, 7) is 8.04. The van der Waals surface area contributed by atoms with E-state index in [9.17, 15) is 9.59 Å². The summed E-state index contributed by atoms with van der Waals surface area (Å²) < 4.78 is 10.9. The third-order valence-corrected chi connectivity index (χ3v) is 5.23. The fourth-order valence-electron chi connectivity index (χ4n) is 3.75. The Hall–Kier alpha value is -2.10. The summed E-state index contributed by atoms with van der Waals surface area (Å²) in [6.07, 6.45) is 10.5. The molecule has 1 aliphatic carbocycles. The summed E-state index contributed by atoms with van der Waals surface area (Å²) in [5, 5.41) is 0. The number of hydrogen-bond donors (Lipinski definition) is 0. The SMILES string of the molecule is C=C1C(=O)O[C@H]2/C=C(\C)CC3C=C(CC/C=C(\C)CC[C@H]1C2)C(=O)O3. The van der Waals surface area contributed by atoms with Gasteiger partial charge in [-0.05, 0) is 64.0 Å². The first-order chi connectivity index (χ1) is 11.9. The van der Waals surface area contributed by atoms with E-state index in [1.165, 1.54) is 5.57 Å². The minimum atomic E-state index is -0.286. The number of ether oxygens (including phenoxy) is 2. The number of esters is 2. The maximum absolute atomic E-state index is 12.1. The molecule has 4 heteroatoms. The average Bonchev–Trinajstić information content (AvgIpc) is 2.87. The van der Waals surface area contributed by atoms with Gasteiger partial charge in [-0.25, -0.2) is 9.59 Å². The second-order valence-electron chi connectivity index (χ2n) is 7.38. The number of hydrogen-bond acceptors (Lipinski definition) is 4. The summed E-state index contributed by atoms with van der Waals surface area (Å²) in [5.74, 6) is -0.318. The Kier molecular flexibility index (Phi) is 5.26. The normalized spacial score (nSPS) is 35.2. The van der Waals surface area contributed by atoms with Crippen LogP contribution in [0, 0.1) is 5.92 Å². The van der Waals surface area contributed by atoms with Gasteiger partial charge in [0.2, 0.25) is 0 Å². The van der Waals surface area contributed by atoms with Crippen LogP contribution in [0.1, 0.15) is 52.4 Å². The molecular formula is C21H26O4. The summed E-state index contributed by atoms with van der Waals surface area (Å²) >= 11 is 0. The summed E-state index contributed by atoms with van der Waals surface area (Å²) in [7, 11) is 0. The number of carbonyl (C=O) groups is 2. The van der Waals surface area contributed by atoms with E-state index in [4.69, 9.17) is 9.47 Å². The predicted octanol–water partition coefficient (Wildman–Crippen LogP) is 4.18. The molecule has 3 atom stereocenters. The molecular weight excluding hydrogens is 316 g/mol. The van der Waals surface area contributed by atoms with Crippen molar-refractivity contribution in [2.24, 2.45) is 5.92 Å². The van der Waals surface area contributed by atoms with Crippen molar-refractivity contribution in [1.82, 2.24) is 0 Å². The van der Waals surface area contributed by atoms with E-state index in [1.807, 2.05) is 19.1 Å². The lowest BCUT2D eigenvalue weighted by molar-refractivity contribution is -0.146. The van der Waals surface area contributed by atoms with E-state index in [1.54, 1.807) is 0 Å². The third kappa shape index (κ3) is 4.30. The number of carbonyl (C=O) groups excluding carboxylic acids is 2. The topological polar surface area (TPSA) is 52.6 Å². The molecule has 0 radical (unpaired) electrons. The van der Waals surface area contributed by atoms with Gasteiger partial charge in [0.15, 0.2) is 0 Å². The molecule has 0 N–H and O–H groups in total. The molecule has 0 saturated carbocycles. The van der Waals surface area contributed by atoms with Crippen molar-refractivity contribution in [3.8, 4) is 0 Å². The van der Waals surface area contributed by atoms with Crippen molar-refractivity contribution in [2.45, 2.75) is 64.6 Å². The van der Waals surface area contributed by atoms with E-state index >= 15 is 0 Å². The van der Waals surface area contributed by atoms with Crippen molar-refractivity contribution in [2.75, 3.05) is 0 Å². The molecule has 0 aromatic carbocycles. The van der Waals surface area contributed by atoms with Crippen LogP contribution in [-0.4, -0.2) is 24.1 Å². The predicted molar refractivity (Wildman–Crippen MR) is 95.7 cm³/mol. The Morgan fingerprint density at radius 2 is 1.76 bits per heavy atom. The molecule has 2 aliphatic heterocycles. The van der Waals surface area contributed by atoms with Gasteiger partial charge in [-0.3, -0.25) is 0 Å². The van der Waals surface area contributed by atoms with Crippen LogP contribution in [0.15, 0.2) is 47.1 Å². The van der Waals surface area contributed by atoms with Gasteiger partial charge < -0.3 is 9.47 Å². The van der Waals surface area contributed by atoms with Crippen LogP contribution in [0.2, 0.25) is 0 Å². The van der Waals surface area contributed by atoms with Crippen LogP contribution >= 0.6 is 0 Å². The van der Waals surface area contributed by atoms with E-state index in [0.29, 0.717) is 12.0 Å². The van der Waals surface area contributed by atoms with Gasteiger partial charge >= 0.3 is 11.9 Å². The molecule has 4 nitrogen and oxygen atoms in total. The molecule has 3 rings (SSSR count). The number of allylic oxidation sites excluding steroid dienone is 2. The van der Waals surface area contributed by atoms with Crippen molar-refractivity contribution in [3.63, 3.8) is 0 Å². The maximum atomic E-state index is 12.1. The molecule has 1 saturated heterocycles. The van der Waals surface area contributed by atoms with Gasteiger partial charge in [0.25, 0.3) is 0 Å². The minimum absolute atomic E-state index is 0.166. The molecule has 134 valence electrons. The molecule has 3 aliphatic rings. The van der Waals surface area contributed by atoms with Crippen LogP contribution < -0.4 is 0 Å². The van der Waals surface area contributed by atoms with Crippen LogP contribution in [0.5, 0.6) is 0 Å². The highest BCUT2D eigenvalue weighted by Gasteiger charge is 2.31. The number of fused-ring (bicyclic) bond motifs is 3. The summed E-state index contributed by atoms with van der Waals surface area (Å²) in [4.78, 5) is 24.1. The Balaban J connectivity index is 1.83. The van der Waals surface area contributed by atoms with Crippen molar-refractivity contribution in [3.05, 3.63) is 47.1 Å². The van der Waals surface area contributed by atoms with Gasteiger partial charge in [-0.15, -0.1) is 0 Å². The van der Waals surface area contributed by atoms with Gasteiger partial charge in [0.05, 0.1) is 0 Å². The van der Waals surface area contributed by atoms with Gasteiger partial charge in [-0.1, -0.05) is 23.8 Å². The third-order valence-electron chi connectivity index (χ3n) is 5.23. The largest absolute Gasteiger partial charge is 0.455 e. The van der Waals surface area contributed by atoms with Crippen LogP contribution in [0.4, 0.5) is 0 Å². The van der Waals surface area contributed by atoms with Gasteiger partial charge in [0.1, 0.15) is 12.2 Å². The lowest BCUT2D eigenvalue weighted by Gasteiger charge is -2.29. The van der Waals surface area contributed by atoms with Crippen LogP contribution in [0.25, 0.3) is 0 Å². The van der Waals surface area contributed by atoms with Gasteiger partial charge in [0, 0.05) is 17.6 Å². The zero-order valence-electron chi connectivity index (χ0n) is 15.0. The van der Waals surface area contributed by atoms with E-state index in [-0.39, 0.29) is 30.1 Å². The molecule has 0 aromatic rings. The fourth-order valence-corrected chi connectivity index (χ4v) is 3.75. The molecule has 2 heterocycles. The molecule has 1 unspecified atom stereocenters. The van der Waals surface area contributed by atoms with Crippen LogP contribution in [0.3, 0.4) is 0 Å². The van der Waals surface area contributed by atoms with E-state index in [0.717, 1.165) is 43.3 Å². The van der Waals surface area contributed by atoms with E-state index in [2.05, 4.69) is 19.6 Å². The lowest BCUT2D eigenvalue weighted by Crippen LogP contribution is -2.30. The Labute approximate surface area is 149 Å². The van der Waals surface area contributed by atoms with Crippen molar-refractivity contribution in [1.29, 1.82) is 0 Å². The summed E-state index contributed by atoms with van der Waals surface area (Å²) in [5.41, 5.74) is 3.73. The Morgan fingerprint density at radius 3 is 2.56 bits per heavy atom. The standard InChI is InChI=1S/C21H26O4/c1-13-5-4-6-17-12-19(25-21(17)23)10-14(2)9-18-11-16(8-7-13)15(3)20(22)24-18/h5,9,12,16,18-19H,3-4,6-8,10-11H2,1-2H3/b13-5+,14-9+/t16-,18-,19?/m0/s1. The first-order valence-corrected chi connectivity index (χ1v) is 9.06. The van der Waals surface area contributed by atoms with Crippen molar-refractivity contribution >= 4 is 11.9 Å². The molecule has 25 heavy (non-hydrogen) atoms. The minimum Gasteiger partial charge on any atom is -0.455 e. The van der Waals surface area contributed by atoms with Crippen molar-refractivity contribution < 1.29 is 19.1 Å². The Morgan fingerprint density at radius 1 is 1.00 bits per heavy atom. The first-order valence-electron chi connectivity index (χ1n) is 9.06. The second kappa shape index (κ2) is 7.42. The molecule has 0 amide bonds. The highest BCUT2D eigenvalue weighted by molar-refractivity contribution is 5.91. The monoisotopic (exact) mass is 342 g/mol. The molecule has 1 fully saturated rings. The molecule has 0 aromatic heterocycles. The van der Waals surface area contributed by atoms with Gasteiger partial charge in [-0.2, -0.15) is 0 Å². The summed E-state index contributed by atoms with van der Waals surface area (Å²) in [6, 6.07) is 0. The quantitative estimate of drug-likeness (QED) is 0.376. The smallest absolute Gasteiger partial charge is 0.334 e. The Bertz CT molecular complexity index is 680. The average molecular weight is 342 g/mol. The second-order valence-corrected chi connectivity index (χ2v) is 7.38. The fraction of sp³-hybridized carbons (Fsp3) is 0.524. The van der Waals surface area contributed by atoms with E-state index < -0.39 is 0 Å².